The Balaban J connectivity index is 1.45. The zero-order chi connectivity index (χ0) is 25.3. The number of carbonyl (C=O) groups is 1. The quantitative estimate of drug-likeness (QED) is 0.310. The molecule has 4 aromatic rings. The fraction of sp³-hybridized carbons (Fsp3) is 0.304. The summed E-state index contributed by atoms with van der Waals surface area (Å²) in [5.41, 5.74) is 10.4. The molecule has 35 heavy (non-hydrogen) atoms. The summed E-state index contributed by atoms with van der Waals surface area (Å²) < 4.78 is 52.4. The maximum absolute atomic E-state index is 12.6. The molecule has 0 radical (unpaired) electrons. The van der Waals surface area contributed by atoms with Crippen molar-refractivity contribution in [1.29, 1.82) is 0 Å². The van der Waals surface area contributed by atoms with Crippen molar-refractivity contribution in [2.45, 2.75) is 33.2 Å². The predicted molar refractivity (Wildman–Crippen MR) is 127 cm³/mol. The maximum Gasteiger partial charge on any atom is 0.573 e. The van der Waals surface area contributed by atoms with E-state index in [9.17, 15) is 18.0 Å². The van der Waals surface area contributed by atoms with E-state index in [1.807, 2.05) is 19.9 Å². The molecule has 8 nitrogen and oxygen atoms in total. The summed E-state index contributed by atoms with van der Waals surface area (Å²) in [5.74, 6) is -0.311. The van der Waals surface area contributed by atoms with Gasteiger partial charge in [-0.05, 0) is 55.7 Å². The summed E-state index contributed by atoms with van der Waals surface area (Å²) in [6, 6.07) is 5.96. The minimum atomic E-state index is -4.78. The smallest absolute Gasteiger partial charge is 0.406 e. The first-order valence-corrected chi connectivity index (χ1v) is 11.4. The minimum absolute atomic E-state index is 0.189. The average molecular weight is 509 g/mol. The Morgan fingerprint density at radius 2 is 2.03 bits per heavy atom. The van der Waals surface area contributed by atoms with Crippen molar-refractivity contribution in [3.05, 3.63) is 46.8 Å². The van der Waals surface area contributed by atoms with Crippen LogP contribution in [-0.2, 0) is 17.8 Å². The molecule has 0 aliphatic rings. The molecule has 1 aromatic carbocycles. The number of rotatable bonds is 7. The van der Waals surface area contributed by atoms with Crippen LogP contribution >= 0.6 is 11.3 Å². The third kappa shape index (κ3) is 5.43. The molecule has 3 aromatic heterocycles. The number of carbonyl (C=O) groups excluding carboxylic acids is 1. The summed E-state index contributed by atoms with van der Waals surface area (Å²) in [7, 11) is 1.58. The van der Waals surface area contributed by atoms with Crippen molar-refractivity contribution in [3.63, 3.8) is 0 Å². The summed E-state index contributed by atoms with van der Waals surface area (Å²) in [5, 5.41) is 4.16. The summed E-state index contributed by atoms with van der Waals surface area (Å²) in [6.45, 7) is 4.19. The molecule has 12 heteroatoms. The van der Waals surface area contributed by atoms with Crippen LogP contribution in [0.15, 0.2) is 24.3 Å². The highest BCUT2D eigenvalue weighted by molar-refractivity contribution is 7.21. The number of amides is 1. The molecule has 0 aliphatic heterocycles. The van der Waals surface area contributed by atoms with Gasteiger partial charge in [0.15, 0.2) is 0 Å². The monoisotopic (exact) mass is 508 g/mol. The number of nitrogens with one attached hydrogen (secondary N) is 2. The van der Waals surface area contributed by atoms with Gasteiger partial charge < -0.3 is 30.2 Å². The van der Waals surface area contributed by atoms with E-state index in [0.717, 1.165) is 33.9 Å². The number of fused-ring (bicyclic) bond motifs is 2. The van der Waals surface area contributed by atoms with Gasteiger partial charge in [0.1, 0.15) is 10.6 Å². The molecule has 186 valence electrons. The van der Waals surface area contributed by atoms with Crippen molar-refractivity contribution < 1.29 is 32.2 Å². The van der Waals surface area contributed by atoms with Crippen molar-refractivity contribution in [1.82, 2.24) is 15.3 Å². The van der Waals surface area contributed by atoms with E-state index in [1.54, 1.807) is 7.11 Å². The predicted octanol–water partition coefficient (Wildman–Crippen LogP) is 5.35. The van der Waals surface area contributed by atoms with Gasteiger partial charge in [-0.25, -0.2) is 9.78 Å². The second-order valence-electron chi connectivity index (χ2n) is 7.89. The molecule has 0 fully saturated rings. The van der Waals surface area contributed by atoms with Crippen LogP contribution < -0.4 is 20.5 Å². The molecule has 0 spiro atoms. The van der Waals surface area contributed by atoms with Crippen molar-refractivity contribution in [2.75, 3.05) is 19.4 Å². The number of thiophene rings is 1. The van der Waals surface area contributed by atoms with E-state index < -0.39 is 12.5 Å². The van der Waals surface area contributed by atoms with E-state index in [2.05, 4.69) is 20.0 Å². The van der Waals surface area contributed by atoms with Gasteiger partial charge >= 0.3 is 12.5 Å². The van der Waals surface area contributed by atoms with Crippen LogP contribution in [0, 0.1) is 13.8 Å². The van der Waals surface area contributed by atoms with Crippen molar-refractivity contribution in [3.8, 4) is 10.8 Å². The van der Waals surface area contributed by atoms with E-state index in [-0.39, 0.29) is 17.4 Å². The first kappa shape index (κ1) is 24.6. The molecular weight excluding hydrogens is 485 g/mol. The van der Waals surface area contributed by atoms with E-state index in [1.165, 1.54) is 18.2 Å². The zero-order valence-electron chi connectivity index (χ0n) is 19.1. The number of benzene rings is 1. The number of ether oxygens (including phenoxy) is 3. The number of nitrogens with two attached hydrogens (primary N) is 1. The van der Waals surface area contributed by atoms with Gasteiger partial charge in [0, 0.05) is 41.3 Å². The van der Waals surface area contributed by atoms with Crippen LogP contribution in [0.25, 0.3) is 21.1 Å². The van der Waals surface area contributed by atoms with Gasteiger partial charge in [-0.3, -0.25) is 0 Å². The Hall–Kier alpha value is -3.51. The first-order valence-electron chi connectivity index (χ1n) is 10.6. The summed E-state index contributed by atoms with van der Waals surface area (Å²) >= 11 is 1.16. The van der Waals surface area contributed by atoms with E-state index in [4.69, 9.17) is 15.2 Å². The SMILES string of the molecule is COCc1cc(C)nc2sc(OC(=O)NCCc3c(C)[nH]c4ccc(OC(F)(F)F)cc34)c(N)c12. The summed E-state index contributed by atoms with van der Waals surface area (Å²) in [4.78, 5) is 20.7. The standard InChI is InChI=1S/C23H23F3N4O4S/c1-11-8-13(10-32-3)18-19(27)21(35-20(18)29-11)33-22(31)28-7-6-15-12(2)30-17-5-4-14(9-16(15)17)34-23(24,25)26/h4-5,8-9,30H,6-7,10,27H2,1-3H3,(H,28,31). The van der Waals surface area contributed by atoms with Gasteiger partial charge in [-0.1, -0.05) is 11.3 Å². The second kappa shape index (κ2) is 9.62. The number of nitrogens with zero attached hydrogens (tertiary/aromatic N) is 1. The number of nitrogen functional groups attached to an aromatic ring is 1. The third-order valence-corrected chi connectivity index (χ3v) is 6.31. The molecule has 0 aliphatic carbocycles. The lowest BCUT2D eigenvalue weighted by Crippen LogP contribution is -2.28. The largest absolute Gasteiger partial charge is 0.573 e. The van der Waals surface area contributed by atoms with Gasteiger partial charge in [-0.15, -0.1) is 13.2 Å². The van der Waals surface area contributed by atoms with Crippen molar-refractivity contribution in [2.24, 2.45) is 0 Å². The Bertz CT molecular complexity index is 1400. The number of hydrogen-bond acceptors (Lipinski definition) is 7. The Labute approximate surface area is 202 Å². The van der Waals surface area contributed by atoms with Gasteiger partial charge in [0.25, 0.3) is 0 Å². The normalized spacial score (nSPS) is 11.8. The lowest BCUT2D eigenvalue weighted by molar-refractivity contribution is -0.274. The highest BCUT2D eigenvalue weighted by atomic mass is 32.1. The van der Waals surface area contributed by atoms with Crippen LogP contribution in [-0.4, -0.2) is 36.1 Å². The summed E-state index contributed by atoms with van der Waals surface area (Å²) in [6.07, 6.45) is -5.12. The molecule has 0 bridgehead atoms. The lowest BCUT2D eigenvalue weighted by atomic mass is 10.1. The van der Waals surface area contributed by atoms with Crippen LogP contribution in [0.2, 0.25) is 0 Å². The van der Waals surface area contributed by atoms with Crippen LogP contribution in [0.3, 0.4) is 0 Å². The number of hydrogen-bond donors (Lipinski definition) is 3. The number of pyridine rings is 1. The lowest BCUT2D eigenvalue weighted by Gasteiger charge is -2.09. The molecule has 0 unspecified atom stereocenters. The van der Waals surface area contributed by atoms with Crippen LogP contribution in [0.4, 0.5) is 23.7 Å². The van der Waals surface area contributed by atoms with E-state index >= 15 is 0 Å². The highest BCUT2D eigenvalue weighted by Gasteiger charge is 2.31. The number of halogens is 3. The van der Waals surface area contributed by atoms with Gasteiger partial charge in [-0.2, -0.15) is 0 Å². The minimum Gasteiger partial charge on any atom is -0.406 e. The number of methoxy groups -OCH3 is 1. The number of aromatic nitrogens is 2. The molecule has 4 rings (SSSR count). The molecular formula is C23H23F3N4O4S. The number of H-pyrrole nitrogens is 1. The number of anilines is 1. The molecule has 0 saturated carbocycles. The third-order valence-electron chi connectivity index (χ3n) is 5.33. The fourth-order valence-corrected chi connectivity index (χ4v) is 4.99. The molecule has 1 amide bonds. The second-order valence-corrected chi connectivity index (χ2v) is 8.85. The van der Waals surface area contributed by atoms with Crippen molar-refractivity contribution >= 4 is 44.2 Å². The van der Waals surface area contributed by atoms with E-state index in [0.29, 0.717) is 39.8 Å². The van der Waals surface area contributed by atoms with Gasteiger partial charge in [0.2, 0.25) is 5.06 Å². The number of alkyl halides is 3. The Morgan fingerprint density at radius 1 is 1.26 bits per heavy atom. The fourth-order valence-electron chi connectivity index (χ4n) is 3.95. The Morgan fingerprint density at radius 3 is 2.74 bits per heavy atom. The first-order chi connectivity index (χ1) is 16.6. The molecule has 0 atom stereocenters. The zero-order valence-corrected chi connectivity index (χ0v) is 19.9. The maximum atomic E-state index is 12.6. The van der Waals surface area contributed by atoms with Gasteiger partial charge in [0.05, 0.1) is 12.3 Å². The average Bonchev–Trinajstić information content (AvgIpc) is 3.23. The molecule has 0 saturated heterocycles. The number of aryl methyl sites for hydroxylation is 2. The van der Waals surface area contributed by atoms with Crippen LogP contribution in [0.1, 0.15) is 22.5 Å². The highest BCUT2D eigenvalue weighted by Crippen LogP contribution is 2.41. The number of aromatic amines is 1. The van der Waals surface area contributed by atoms with Crippen LogP contribution in [0.5, 0.6) is 10.8 Å². The Kier molecular flexibility index (Phi) is 6.77. The molecule has 3 heterocycles. The topological polar surface area (TPSA) is 111 Å². The molecule has 4 N–H and O–H groups in total.